The Balaban J connectivity index is 2.24. The van der Waals surface area contributed by atoms with Crippen LogP contribution in [0.2, 0.25) is 0 Å². The lowest BCUT2D eigenvalue weighted by atomic mass is 9.87. The molecule has 1 aliphatic heterocycles. The molecular weight excluding hydrogens is 214 g/mol. The summed E-state index contributed by atoms with van der Waals surface area (Å²) in [7, 11) is 0. The SMILES string of the molecule is CCCN1C(=O)NC(=N)C12CCCC(C)CC2. The quantitative estimate of drug-likeness (QED) is 0.762. The second kappa shape index (κ2) is 4.67. The molecule has 1 heterocycles. The molecule has 4 heteroatoms. The lowest BCUT2D eigenvalue weighted by Gasteiger charge is -2.36. The maximum absolute atomic E-state index is 11.9. The van der Waals surface area contributed by atoms with Crippen LogP contribution in [0.5, 0.6) is 0 Å². The summed E-state index contributed by atoms with van der Waals surface area (Å²) in [5.74, 6) is 1.16. The third-order valence-electron chi connectivity index (χ3n) is 4.24. The van der Waals surface area contributed by atoms with Gasteiger partial charge in [0.2, 0.25) is 0 Å². The average molecular weight is 237 g/mol. The Morgan fingerprint density at radius 3 is 2.94 bits per heavy atom. The highest BCUT2D eigenvalue weighted by Gasteiger charge is 2.49. The Morgan fingerprint density at radius 2 is 2.24 bits per heavy atom. The molecule has 0 radical (unpaired) electrons. The molecule has 2 fully saturated rings. The summed E-state index contributed by atoms with van der Waals surface area (Å²) in [4.78, 5) is 13.8. The molecule has 0 aromatic carbocycles. The van der Waals surface area contributed by atoms with Crippen LogP contribution in [0.4, 0.5) is 4.79 Å². The molecule has 17 heavy (non-hydrogen) atoms. The molecule has 0 bridgehead atoms. The third-order valence-corrected chi connectivity index (χ3v) is 4.24. The summed E-state index contributed by atoms with van der Waals surface area (Å²) in [6.07, 6.45) is 6.33. The van der Waals surface area contributed by atoms with E-state index in [1.54, 1.807) is 0 Å². The van der Waals surface area contributed by atoms with Crippen molar-refractivity contribution in [3.8, 4) is 0 Å². The number of carbonyl (C=O) groups excluding carboxylic acids is 1. The molecule has 4 nitrogen and oxygen atoms in total. The Kier molecular flexibility index (Phi) is 3.40. The minimum Gasteiger partial charge on any atom is -0.312 e. The Hall–Kier alpha value is -1.06. The first-order valence-corrected chi connectivity index (χ1v) is 6.78. The normalized spacial score (nSPS) is 34.0. The van der Waals surface area contributed by atoms with Crippen molar-refractivity contribution in [2.24, 2.45) is 5.92 Å². The lowest BCUT2D eigenvalue weighted by Crippen LogP contribution is -2.49. The highest BCUT2D eigenvalue weighted by atomic mass is 16.2. The summed E-state index contributed by atoms with van der Waals surface area (Å²) in [5.41, 5.74) is -0.308. The highest BCUT2D eigenvalue weighted by molar-refractivity contribution is 6.08. The molecule has 2 unspecified atom stereocenters. The number of hydrogen-bond donors (Lipinski definition) is 2. The highest BCUT2D eigenvalue weighted by Crippen LogP contribution is 2.37. The number of urea groups is 1. The topological polar surface area (TPSA) is 56.2 Å². The van der Waals surface area contributed by atoms with Crippen LogP contribution in [0, 0.1) is 11.3 Å². The van der Waals surface area contributed by atoms with Crippen LogP contribution in [0.1, 0.15) is 52.4 Å². The van der Waals surface area contributed by atoms with Crippen molar-refractivity contribution in [1.82, 2.24) is 10.2 Å². The third kappa shape index (κ3) is 2.05. The first kappa shape index (κ1) is 12.4. The van der Waals surface area contributed by atoms with Crippen molar-refractivity contribution in [2.75, 3.05) is 6.54 Å². The fourth-order valence-electron chi connectivity index (χ4n) is 3.18. The first-order valence-electron chi connectivity index (χ1n) is 6.78. The number of hydrogen-bond acceptors (Lipinski definition) is 2. The van der Waals surface area contributed by atoms with Crippen LogP contribution in [0.3, 0.4) is 0 Å². The second-order valence-corrected chi connectivity index (χ2v) is 5.52. The summed E-state index contributed by atoms with van der Waals surface area (Å²) in [5, 5.41) is 10.8. The minimum atomic E-state index is -0.308. The molecular formula is C13H23N3O. The molecule has 96 valence electrons. The van der Waals surface area contributed by atoms with Crippen LogP contribution >= 0.6 is 0 Å². The molecule has 2 aliphatic rings. The van der Waals surface area contributed by atoms with E-state index in [1.165, 1.54) is 6.42 Å². The maximum atomic E-state index is 11.9. The van der Waals surface area contributed by atoms with E-state index >= 15 is 0 Å². The standard InChI is InChI=1S/C13H23N3O/c1-3-9-16-12(17)15-11(14)13(16)7-4-5-10(2)6-8-13/h10H,3-9H2,1-2H3,(H2,14,15,17). The van der Waals surface area contributed by atoms with E-state index in [9.17, 15) is 4.79 Å². The lowest BCUT2D eigenvalue weighted by molar-refractivity contribution is 0.162. The number of carbonyl (C=O) groups is 1. The van der Waals surface area contributed by atoms with Gasteiger partial charge >= 0.3 is 6.03 Å². The zero-order valence-corrected chi connectivity index (χ0v) is 10.9. The molecule has 2 N–H and O–H groups in total. The first-order chi connectivity index (χ1) is 8.10. The Labute approximate surface area is 103 Å². The van der Waals surface area contributed by atoms with Crippen molar-refractivity contribution in [3.63, 3.8) is 0 Å². The van der Waals surface area contributed by atoms with E-state index in [0.717, 1.165) is 44.6 Å². The van der Waals surface area contributed by atoms with E-state index in [1.807, 2.05) is 4.90 Å². The van der Waals surface area contributed by atoms with Gasteiger partial charge in [-0.25, -0.2) is 4.79 Å². The van der Waals surface area contributed by atoms with Crippen molar-refractivity contribution in [2.45, 2.75) is 57.9 Å². The van der Waals surface area contributed by atoms with Crippen LogP contribution in [-0.4, -0.2) is 28.9 Å². The number of amidine groups is 1. The summed E-state index contributed by atoms with van der Waals surface area (Å²) in [6.45, 7) is 5.13. The van der Waals surface area contributed by atoms with E-state index in [4.69, 9.17) is 5.41 Å². The van der Waals surface area contributed by atoms with Gasteiger partial charge in [-0.15, -0.1) is 0 Å². The van der Waals surface area contributed by atoms with Gasteiger partial charge < -0.3 is 4.90 Å². The van der Waals surface area contributed by atoms with Crippen molar-refractivity contribution < 1.29 is 4.79 Å². The van der Waals surface area contributed by atoms with E-state index in [2.05, 4.69) is 19.2 Å². The van der Waals surface area contributed by atoms with Gasteiger partial charge in [-0.3, -0.25) is 10.7 Å². The molecule has 1 aliphatic carbocycles. The van der Waals surface area contributed by atoms with Crippen LogP contribution in [0.25, 0.3) is 0 Å². The van der Waals surface area contributed by atoms with Gasteiger partial charge in [-0.1, -0.05) is 26.7 Å². The van der Waals surface area contributed by atoms with Crippen molar-refractivity contribution >= 4 is 11.9 Å². The molecule has 0 aromatic heterocycles. The van der Waals surface area contributed by atoms with Crippen molar-refractivity contribution in [1.29, 1.82) is 5.41 Å². The van der Waals surface area contributed by atoms with Gasteiger partial charge in [0.1, 0.15) is 11.4 Å². The predicted octanol–water partition coefficient (Wildman–Crippen LogP) is 2.74. The molecule has 2 amide bonds. The fraction of sp³-hybridized carbons (Fsp3) is 0.846. The Morgan fingerprint density at radius 1 is 1.47 bits per heavy atom. The zero-order valence-electron chi connectivity index (χ0n) is 10.9. The summed E-state index contributed by atoms with van der Waals surface area (Å²) in [6, 6.07) is -0.0635. The summed E-state index contributed by atoms with van der Waals surface area (Å²) >= 11 is 0. The Bertz CT molecular complexity index is 329. The largest absolute Gasteiger partial charge is 0.323 e. The molecule has 0 aromatic rings. The van der Waals surface area contributed by atoms with E-state index in [0.29, 0.717) is 5.84 Å². The number of nitrogens with one attached hydrogen (secondary N) is 2. The van der Waals surface area contributed by atoms with E-state index < -0.39 is 0 Å². The van der Waals surface area contributed by atoms with Gasteiger partial charge in [0.25, 0.3) is 0 Å². The number of rotatable bonds is 2. The fourth-order valence-corrected chi connectivity index (χ4v) is 3.18. The van der Waals surface area contributed by atoms with Crippen molar-refractivity contribution in [3.05, 3.63) is 0 Å². The maximum Gasteiger partial charge on any atom is 0.323 e. The van der Waals surface area contributed by atoms with Gasteiger partial charge in [0, 0.05) is 6.54 Å². The minimum absolute atomic E-state index is 0.0635. The predicted molar refractivity (Wildman–Crippen MR) is 68.2 cm³/mol. The molecule has 2 rings (SSSR count). The zero-order chi connectivity index (χ0) is 12.5. The van der Waals surface area contributed by atoms with Crippen LogP contribution in [0.15, 0.2) is 0 Å². The molecule has 2 atom stereocenters. The van der Waals surface area contributed by atoms with Gasteiger partial charge in [0.05, 0.1) is 0 Å². The van der Waals surface area contributed by atoms with Gasteiger partial charge in [0.15, 0.2) is 0 Å². The second-order valence-electron chi connectivity index (χ2n) is 5.52. The van der Waals surface area contributed by atoms with Gasteiger partial charge in [-0.2, -0.15) is 0 Å². The number of amides is 2. The molecule has 1 saturated carbocycles. The average Bonchev–Trinajstić information content (AvgIpc) is 2.44. The monoisotopic (exact) mass is 237 g/mol. The summed E-state index contributed by atoms with van der Waals surface area (Å²) < 4.78 is 0. The molecule has 1 saturated heterocycles. The molecule has 1 spiro atoms. The van der Waals surface area contributed by atoms with Crippen LogP contribution in [-0.2, 0) is 0 Å². The smallest absolute Gasteiger partial charge is 0.312 e. The van der Waals surface area contributed by atoms with Crippen LogP contribution < -0.4 is 5.32 Å². The van der Waals surface area contributed by atoms with Gasteiger partial charge in [-0.05, 0) is 31.6 Å². The number of nitrogens with zero attached hydrogens (tertiary/aromatic N) is 1. The van der Waals surface area contributed by atoms with E-state index in [-0.39, 0.29) is 11.6 Å².